The van der Waals surface area contributed by atoms with Crippen molar-refractivity contribution in [2.75, 3.05) is 18.5 Å². The minimum atomic E-state index is -0.865. The van der Waals surface area contributed by atoms with Crippen LogP contribution < -0.4 is 10.1 Å². The maximum absolute atomic E-state index is 12.6. The average Bonchev–Trinajstić information content (AvgIpc) is 2.54. The molecule has 0 heterocycles. The van der Waals surface area contributed by atoms with Crippen molar-refractivity contribution in [3.8, 4) is 11.8 Å². The Hall–Kier alpha value is -2.06. The van der Waals surface area contributed by atoms with E-state index in [1.165, 1.54) is 0 Å². The van der Waals surface area contributed by atoms with Crippen molar-refractivity contribution in [1.82, 2.24) is 0 Å². The van der Waals surface area contributed by atoms with Crippen molar-refractivity contribution < 1.29 is 14.3 Å². The molecule has 0 unspecified atom stereocenters. The van der Waals surface area contributed by atoms with Gasteiger partial charge < -0.3 is 14.8 Å². The molecule has 0 aromatic heterocycles. The minimum absolute atomic E-state index is 0.194. The monoisotopic (exact) mass is 318 g/mol. The second kappa shape index (κ2) is 9.16. The maximum atomic E-state index is 12.6. The molecule has 23 heavy (non-hydrogen) atoms. The Bertz CT molecular complexity index is 566. The number of hydrogen-bond donors (Lipinski definition) is 1. The zero-order chi connectivity index (χ0) is 17.3. The summed E-state index contributed by atoms with van der Waals surface area (Å²) in [4.78, 5) is 12.6. The molecule has 0 fully saturated rings. The summed E-state index contributed by atoms with van der Waals surface area (Å²) in [6, 6.07) is 7.13. The van der Waals surface area contributed by atoms with Gasteiger partial charge in [0.15, 0.2) is 0 Å². The third-order valence-corrected chi connectivity index (χ3v) is 3.49. The lowest BCUT2D eigenvalue weighted by atomic mass is 9.98. The van der Waals surface area contributed by atoms with E-state index in [0.29, 0.717) is 36.6 Å². The molecule has 126 valence electrons. The first kappa shape index (κ1) is 19.0. The summed E-state index contributed by atoms with van der Waals surface area (Å²) >= 11 is 0. The fourth-order valence-electron chi connectivity index (χ4n) is 2.30. The highest BCUT2D eigenvalue weighted by molar-refractivity contribution is 5.97. The molecule has 0 aliphatic carbocycles. The average molecular weight is 318 g/mol. The van der Waals surface area contributed by atoms with Crippen molar-refractivity contribution >= 4 is 11.6 Å². The molecular weight excluding hydrogens is 292 g/mol. The predicted molar refractivity (Wildman–Crippen MR) is 90.5 cm³/mol. The summed E-state index contributed by atoms with van der Waals surface area (Å²) in [6.07, 6.45) is 2.34. The number of benzene rings is 1. The number of rotatable bonds is 9. The lowest BCUT2D eigenvalue weighted by Crippen LogP contribution is -2.43. The molecule has 1 aromatic carbocycles. The van der Waals surface area contributed by atoms with Gasteiger partial charge in [-0.1, -0.05) is 20.3 Å². The van der Waals surface area contributed by atoms with Crippen molar-refractivity contribution in [2.24, 2.45) is 0 Å². The number of nitrogens with zero attached hydrogens (tertiary/aromatic N) is 1. The fourth-order valence-corrected chi connectivity index (χ4v) is 2.30. The first-order valence-electron chi connectivity index (χ1n) is 8.13. The molecule has 0 spiro atoms. The number of carbonyl (C=O) groups is 1. The van der Waals surface area contributed by atoms with E-state index >= 15 is 0 Å². The van der Waals surface area contributed by atoms with Gasteiger partial charge >= 0.3 is 0 Å². The van der Waals surface area contributed by atoms with Gasteiger partial charge in [0.2, 0.25) is 0 Å². The van der Waals surface area contributed by atoms with Crippen molar-refractivity contribution in [1.29, 1.82) is 5.26 Å². The molecule has 0 saturated heterocycles. The Morgan fingerprint density at radius 1 is 1.30 bits per heavy atom. The summed E-state index contributed by atoms with van der Waals surface area (Å²) in [5.74, 6) is 0.326. The lowest BCUT2D eigenvalue weighted by molar-refractivity contribution is -0.140. The van der Waals surface area contributed by atoms with Crippen LogP contribution in [0.1, 0.15) is 52.5 Å². The summed E-state index contributed by atoms with van der Waals surface area (Å²) < 4.78 is 11.2. The number of amides is 1. The smallest absolute Gasteiger partial charge is 0.256 e. The van der Waals surface area contributed by atoms with Crippen LogP contribution in [-0.2, 0) is 9.53 Å². The Labute approximate surface area is 138 Å². The van der Waals surface area contributed by atoms with Gasteiger partial charge in [-0.2, -0.15) is 5.26 Å². The van der Waals surface area contributed by atoms with Crippen LogP contribution in [0.15, 0.2) is 18.2 Å². The molecule has 0 saturated carbocycles. The summed E-state index contributed by atoms with van der Waals surface area (Å²) in [5.41, 5.74) is 0.102. The fraction of sp³-hybridized carbons (Fsp3) is 0.556. The molecule has 0 aliphatic rings. The standard InChI is InChI=1S/C18H26N2O3/c1-5-10-18(4,23-11-6-2)17(21)20-15-8-9-16(22-7-3)14(12-15)13-19/h8-9,12H,5-7,10-11H2,1-4H3,(H,20,21)/t18-/m0/s1. The van der Waals surface area contributed by atoms with E-state index < -0.39 is 5.60 Å². The number of nitriles is 1. The van der Waals surface area contributed by atoms with Crippen molar-refractivity contribution in [3.63, 3.8) is 0 Å². The highest BCUT2D eigenvalue weighted by atomic mass is 16.5. The Balaban J connectivity index is 2.92. The number of ether oxygens (including phenoxy) is 2. The van der Waals surface area contributed by atoms with Gasteiger partial charge in [-0.3, -0.25) is 4.79 Å². The summed E-state index contributed by atoms with van der Waals surface area (Å²) in [6.45, 7) is 8.72. The lowest BCUT2D eigenvalue weighted by Gasteiger charge is -2.28. The van der Waals surface area contributed by atoms with E-state index in [1.54, 1.807) is 25.1 Å². The van der Waals surface area contributed by atoms with Crippen molar-refractivity contribution in [2.45, 2.75) is 52.6 Å². The van der Waals surface area contributed by atoms with Gasteiger partial charge in [0.25, 0.3) is 5.91 Å². The van der Waals surface area contributed by atoms with Gasteiger partial charge in [-0.15, -0.1) is 0 Å². The second-order valence-corrected chi connectivity index (χ2v) is 5.54. The largest absolute Gasteiger partial charge is 0.492 e. The van der Waals surface area contributed by atoms with E-state index in [9.17, 15) is 10.1 Å². The number of hydrogen-bond acceptors (Lipinski definition) is 4. The van der Waals surface area contributed by atoms with Gasteiger partial charge in [0, 0.05) is 12.3 Å². The van der Waals surface area contributed by atoms with E-state index in [-0.39, 0.29) is 5.91 Å². The van der Waals surface area contributed by atoms with Crippen LogP contribution in [0.25, 0.3) is 0 Å². The van der Waals surface area contributed by atoms with Crippen LogP contribution in [0.3, 0.4) is 0 Å². The Morgan fingerprint density at radius 3 is 2.61 bits per heavy atom. The molecular formula is C18H26N2O3. The molecule has 1 atom stereocenters. The summed E-state index contributed by atoms with van der Waals surface area (Å²) in [5, 5.41) is 12.0. The Morgan fingerprint density at radius 2 is 2.04 bits per heavy atom. The molecule has 5 nitrogen and oxygen atoms in total. The number of carbonyl (C=O) groups excluding carboxylic acids is 1. The first-order chi connectivity index (χ1) is 11.0. The van der Waals surface area contributed by atoms with Gasteiger partial charge in [-0.05, 0) is 44.9 Å². The minimum Gasteiger partial charge on any atom is -0.492 e. The highest BCUT2D eigenvalue weighted by Crippen LogP contribution is 2.25. The van der Waals surface area contributed by atoms with E-state index in [2.05, 4.69) is 11.4 Å². The van der Waals surface area contributed by atoms with E-state index in [4.69, 9.17) is 9.47 Å². The Kier molecular flexibility index (Phi) is 7.56. The normalized spacial score (nSPS) is 13.0. The maximum Gasteiger partial charge on any atom is 0.256 e. The molecule has 0 radical (unpaired) electrons. The van der Waals surface area contributed by atoms with Crippen LogP contribution in [0.4, 0.5) is 5.69 Å². The third-order valence-electron chi connectivity index (χ3n) is 3.49. The van der Waals surface area contributed by atoms with Crippen LogP contribution in [0, 0.1) is 11.3 Å². The topological polar surface area (TPSA) is 71.3 Å². The van der Waals surface area contributed by atoms with Crippen LogP contribution in [0.2, 0.25) is 0 Å². The number of anilines is 1. The molecule has 5 heteroatoms. The van der Waals surface area contributed by atoms with Crippen LogP contribution >= 0.6 is 0 Å². The highest BCUT2D eigenvalue weighted by Gasteiger charge is 2.33. The SMILES string of the molecule is CCCO[C@@](C)(CCC)C(=O)Nc1ccc(OCC)c(C#N)c1. The number of nitrogens with one attached hydrogen (secondary N) is 1. The van der Waals surface area contributed by atoms with Gasteiger partial charge in [-0.25, -0.2) is 0 Å². The van der Waals surface area contributed by atoms with Gasteiger partial charge in [0.05, 0.1) is 12.2 Å². The third kappa shape index (κ3) is 5.26. The molecule has 1 N–H and O–H groups in total. The van der Waals surface area contributed by atoms with E-state index in [1.807, 2.05) is 20.8 Å². The van der Waals surface area contributed by atoms with E-state index in [0.717, 1.165) is 12.8 Å². The zero-order valence-electron chi connectivity index (χ0n) is 14.4. The predicted octanol–water partition coefficient (Wildman–Crippen LogP) is 3.88. The quantitative estimate of drug-likeness (QED) is 0.750. The molecule has 1 rings (SSSR count). The zero-order valence-corrected chi connectivity index (χ0v) is 14.4. The van der Waals surface area contributed by atoms with Gasteiger partial charge in [0.1, 0.15) is 17.4 Å². The second-order valence-electron chi connectivity index (χ2n) is 5.54. The molecule has 1 amide bonds. The first-order valence-corrected chi connectivity index (χ1v) is 8.13. The van der Waals surface area contributed by atoms with Crippen LogP contribution in [0.5, 0.6) is 5.75 Å². The van der Waals surface area contributed by atoms with Crippen molar-refractivity contribution in [3.05, 3.63) is 23.8 Å². The summed E-state index contributed by atoms with van der Waals surface area (Å²) in [7, 11) is 0. The molecule has 0 aliphatic heterocycles. The molecule has 0 bridgehead atoms. The molecule has 1 aromatic rings. The van der Waals surface area contributed by atoms with Crippen LogP contribution in [-0.4, -0.2) is 24.7 Å².